The van der Waals surface area contributed by atoms with E-state index in [1.165, 1.54) is 26.0 Å². The molecular weight excluding hydrogens is 426 g/mol. The van der Waals surface area contributed by atoms with Crippen molar-refractivity contribution in [2.24, 2.45) is 0 Å². The highest BCUT2D eigenvalue weighted by molar-refractivity contribution is 5.89. The second-order valence-electron chi connectivity index (χ2n) is 6.77. The predicted molar refractivity (Wildman–Crippen MR) is 109 cm³/mol. The molecule has 172 valence electrons. The number of carboxylic acid groups (broad SMARTS) is 1. The minimum Gasteiger partial charge on any atom is -0.493 e. The number of carbonyl (C=O) groups is 4. The van der Waals surface area contributed by atoms with Gasteiger partial charge in [0.15, 0.2) is 0 Å². The molecule has 0 saturated heterocycles. The van der Waals surface area contributed by atoms with E-state index in [1.807, 2.05) is 0 Å². The minimum atomic E-state index is -1.18. The Balaban J connectivity index is 2.07. The summed E-state index contributed by atoms with van der Waals surface area (Å²) in [4.78, 5) is 56.5. The largest absolute Gasteiger partial charge is 0.493 e. The lowest BCUT2D eigenvalue weighted by atomic mass is 10.1. The number of hydrogen-bond acceptors (Lipinski definition) is 9. The smallest absolute Gasteiger partial charge is 0.336 e. The molecule has 1 aromatic carbocycles. The normalized spacial score (nSPS) is 11.4. The summed E-state index contributed by atoms with van der Waals surface area (Å²) < 4.78 is 20.7. The monoisotopic (exact) mass is 449 g/mol. The summed E-state index contributed by atoms with van der Waals surface area (Å²) >= 11 is 0. The van der Waals surface area contributed by atoms with Crippen LogP contribution in [0, 0.1) is 0 Å². The van der Waals surface area contributed by atoms with Crippen LogP contribution >= 0.6 is 0 Å². The maximum Gasteiger partial charge on any atom is 0.336 e. The van der Waals surface area contributed by atoms with E-state index < -0.39 is 42.1 Å². The van der Waals surface area contributed by atoms with Gasteiger partial charge in [0, 0.05) is 37.8 Å². The predicted octanol–water partition coefficient (Wildman–Crippen LogP) is 0.800. The van der Waals surface area contributed by atoms with Gasteiger partial charge in [0.1, 0.15) is 30.6 Å². The van der Waals surface area contributed by atoms with E-state index in [4.69, 9.17) is 23.7 Å². The Morgan fingerprint density at radius 3 is 2.53 bits per heavy atom. The summed E-state index contributed by atoms with van der Waals surface area (Å²) in [6, 6.07) is 5.86. The highest BCUT2D eigenvalue weighted by Gasteiger charge is 2.15. The van der Waals surface area contributed by atoms with Crippen molar-refractivity contribution in [3.63, 3.8) is 0 Å². The van der Waals surface area contributed by atoms with Gasteiger partial charge in [-0.25, -0.2) is 4.79 Å². The van der Waals surface area contributed by atoms with Gasteiger partial charge in [-0.05, 0) is 17.7 Å². The standard InChI is InChI=1S/C21H23NO10/c1-12(23)30-11-16(31-13(2)24)5-6-29-15-3-4-17-14(7-19(25)22-10-20(26)27)8-21(28)32-18(17)9-15/h3-4,8-9,16H,5-7,10-11H2,1-2H3,(H,22,25)(H,26,27). The fraction of sp³-hybridized carbons (Fsp3) is 0.381. The van der Waals surface area contributed by atoms with E-state index in [0.717, 1.165) is 0 Å². The number of aliphatic carboxylic acids is 1. The third kappa shape index (κ3) is 8.09. The topological polar surface area (TPSA) is 158 Å². The van der Waals surface area contributed by atoms with Crippen molar-refractivity contribution in [1.29, 1.82) is 0 Å². The quantitative estimate of drug-likeness (QED) is 0.371. The van der Waals surface area contributed by atoms with E-state index in [0.29, 0.717) is 16.7 Å². The van der Waals surface area contributed by atoms with Crippen molar-refractivity contribution in [2.75, 3.05) is 19.8 Å². The Morgan fingerprint density at radius 2 is 1.88 bits per heavy atom. The first-order chi connectivity index (χ1) is 15.1. The van der Waals surface area contributed by atoms with Crippen LogP contribution in [0.1, 0.15) is 25.8 Å². The minimum absolute atomic E-state index is 0.0990. The molecule has 11 nitrogen and oxygen atoms in total. The zero-order valence-corrected chi connectivity index (χ0v) is 17.5. The maximum atomic E-state index is 11.9. The van der Waals surface area contributed by atoms with Gasteiger partial charge in [0.05, 0.1) is 13.0 Å². The van der Waals surface area contributed by atoms with Crippen molar-refractivity contribution >= 4 is 34.8 Å². The number of ether oxygens (including phenoxy) is 3. The molecule has 1 unspecified atom stereocenters. The van der Waals surface area contributed by atoms with Crippen molar-refractivity contribution in [3.8, 4) is 5.75 Å². The molecule has 2 N–H and O–H groups in total. The average molecular weight is 449 g/mol. The van der Waals surface area contributed by atoms with Gasteiger partial charge in [-0.2, -0.15) is 0 Å². The van der Waals surface area contributed by atoms with Crippen molar-refractivity contribution in [1.82, 2.24) is 5.32 Å². The third-order valence-electron chi connectivity index (χ3n) is 4.10. The van der Waals surface area contributed by atoms with Crippen molar-refractivity contribution in [2.45, 2.75) is 32.8 Å². The van der Waals surface area contributed by atoms with Gasteiger partial charge in [-0.3, -0.25) is 19.2 Å². The van der Waals surface area contributed by atoms with Crippen LogP contribution in [0.2, 0.25) is 0 Å². The van der Waals surface area contributed by atoms with E-state index in [-0.39, 0.29) is 31.6 Å². The number of hydrogen-bond donors (Lipinski definition) is 2. The lowest BCUT2D eigenvalue weighted by molar-refractivity contribution is -0.156. The zero-order valence-electron chi connectivity index (χ0n) is 17.5. The van der Waals surface area contributed by atoms with E-state index in [1.54, 1.807) is 12.1 Å². The molecule has 0 aliphatic heterocycles. The van der Waals surface area contributed by atoms with Crippen LogP contribution in [-0.2, 0) is 35.1 Å². The highest BCUT2D eigenvalue weighted by atomic mass is 16.6. The fourth-order valence-electron chi connectivity index (χ4n) is 2.79. The molecule has 32 heavy (non-hydrogen) atoms. The number of benzene rings is 1. The Labute approximate surface area is 182 Å². The van der Waals surface area contributed by atoms with Crippen molar-refractivity contribution < 1.29 is 42.9 Å². The van der Waals surface area contributed by atoms with Crippen LogP contribution in [0.3, 0.4) is 0 Å². The Bertz CT molecular complexity index is 1060. The van der Waals surface area contributed by atoms with E-state index >= 15 is 0 Å². The van der Waals surface area contributed by atoms with Gasteiger partial charge >= 0.3 is 23.5 Å². The molecule has 0 aliphatic carbocycles. The first kappa shape index (κ1) is 24.4. The van der Waals surface area contributed by atoms with Crippen molar-refractivity contribution in [3.05, 3.63) is 40.2 Å². The number of amides is 1. The Hall–Kier alpha value is -3.89. The Kier molecular flexibility index (Phi) is 8.75. The lowest BCUT2D eigenvalue weighted by Crippen LogP contribution is -2.30. The number of carbonyl (C=O) groups excluding carboxylic acids is 3. The number of carboxylic acids is 1. The van der Waals surface area contributed by atoms with Crippen LogP contribution in [0.15, 0.2) is 33.5 Å². The van der Waals surface area contributed by atoms with Gasteiger partial charge in [-0.15, -0.1) is 0 Å². The SMILES string of the molecule is CC(=O)OCC(CCOc1ccc2c(CC(=O)NCC(=O)O)cc(=O)oc2c1)OC(C)=O. The summed E-state index contributed by atoms with van der Waals surface area (Å²) in [5.74, 6) is -2.39. The van der Waals surface area contributed by atoms with Crippen LogP contribution in [0.4, 0.5) is 0 Å². The van der Waals surface area contributed by atoms with E-state index in [2.05, 4.69) is 5.32 Å². The fourth-order valence-corrected chi connectivity index (χ4v) is 2.79. The molecule has 1 amide bonds. The molecule has 2 rings (SSSR count). The molecule has 0 aliphatic rings. The van der Waals surface area contributed by atoms with Crippen LogP contribution in [-0.4, -0.2) is 54.8 Å². The molecule has 1 aromatic heterocycles. The summed E-state index contributed by atoms with van der Waals surface area (Å²) in [5, 5.41) is 11.4. The van der Waals surface area contributed by atoms with E-state index in [9.17, 15) is 24.0 Å². The molecular formula is C21H23NO10. The zero-order chi connectivity index (χ0) is 23.7. The number of fused-ring (bicyclic) bond motifs is 1. The molecule has 0 radical (unpaired) electrons. The van der Waals surface area contributed by atoms with Gasteiger partial charge < -0.3 is 29.1 Å². The molecule has 1 heterocycles. The molecule has 0 spiro atoms. The average Bonchev–Trinajstić information content (AvgIpc) is 2.69. The van der Waals surface area contributed by atoms with Crippen LogP contribution < -0.4 is 15.7 Å². The number of esters is 2. The summed E-state index contributed by atoms with van der Waals surface area (Å²) in [6.07, 6.45) is -0.625. The molecule has 0 saturated carbocycles. The third-order valence-corrected chi connectivity index (χ3v) is 4.10. The second-order valence-corrected chi connectivity index (χ2v) is 6.77. The first-order valence-electron chi connectivity index (χ1n) is 9.62. The number of nitrogens with one attached hydrogen (secondary N) is 1. The first-order valence-corrected chi connectivity index (χ1v) is 9.62. The van der Waals surface area contributed by atoms with Gasteiger partial charge in [0.25, 0.3) is 0 Å². The molecule has 1 atom stereocenters. The molecule has 0 fully saturated rings. The summed E-state index contributed by atoms with van der Waals surface area (Å²) in [6.45, 7) is 1.98. The van der Waals surface area contributed by atoms with Crippen LogP contribution in [0.5, 0.6) is 5.75 Å². The molecule has 0 bridgehead atoms. The van der Waals surface area contributed by atoms with Crippen LogP contribution in [0.25, 0.3) is 11.0 Å². The summed E-state index contributed by atoms with van der Waals surface area (Å²) in [5.41, 5.74) is -0.110. The van der Waals surface area contributed by atoms with Gasteiger partial charge in [-0.1, -0.05) is 0 Å². The van der Waals surface area contributed by atoms with Gasteiger partial charge in [0.2, 0.25) is 5.91 Å². The second kappa shape index (κ2) is 11.5. The summed E-state index contributed by atoms with van der Waals surface area (Å²) in [7, 11) is 0. The number of rotatable bonds is 11. The molecule has 11 heteroatoms. The Morgan fingerprint density at radius 1 is 1.12 bits per heavy atom. The highest BCUT2D eigenvalue weighted by Crippen LogP contribution is 2.23. The lowest BCUT2D eigenvalue weighted by Gasteiger charge is -2.17. The maximum absolute atomic E-state index is 11.9. The molecule has 2 aromatic rings.